The van der Waals surface area contributed by atoms with E-state index in [9.17, 15) is 19.7 Å². The van der Waals surface area contributed by atoms with Crippen LogP contribution in [0.2, 0.25) is 0 Å². The number of carbonyl (C=O) groups is 2. The van der Waals surface area contributed by atoms with Crippen molar-refractivity contribution in [3.8, 4) is 0 Å². The molecule has 1 aromatic heterocycles. The number of fused-ring (bicyclic) bond motifs is 1. The fourth-order valence-corrected chi connectivity index (χ4v) is 4.81. The second kappa shape index (κ2) is 8.88. The van der Waals surface area contributed by atoms with E-state index in [-0.39, 0.29) is 11.3 Å². The molecular formula is C23H22IN3O4. The highest BCUT2D eigenvalue weighted by Crippen LogP contribution is 2.27. The van der Waals surface area contributed by atoms with Crippen LogP contribution in [0.5, 0.6) is 0 Å². The highest BCUT2D eigenvalue weighted by atomic mass is 127. The molecule has 1 aliphatic heterocycles. The van der Waals surface area contributed by atoms with E-state index < -0.39 is 16.5 Å². The van der Waals surface area contributed by atoms with Crippen LogP contribution in [0.4, 0.5) is 5.69 Å². The van der Waals surface area contributed by atoms with Crippen molar-refractivity contribution in [3.05, 3.63) is 73.5 Å². The van der Waals surface area contributed by atoms with Crippen LogP contribution in [-0.4, -0.2) is 45.6 Å². The Morgan fingerprint density at radius 2 is 1.87 bits per heavy atom. The lowest BCUT2D eigenvalue weighted by molar-refractivity contribution is -0.384. The summed E-state index contributed by atoms with van der Waals surface area (Å²) in [5.41, 5.74) is 1.09. The number of aromatic nitrogens is 1. The number of non-ortho nitro benzene ring substituents is 1. The molecule has 160 valence electrons. The molecule has 1 atom stereocenters. The average Bonchev–Trinajstić information content (AvgIpc) is 3.13. The molecule has 1 saturated heterocycles. The Hall–Kier alpha value is -2.59. The van der Waals surface area contributed by atoms with Gasteiger partial charge in [0.05, 0.1) is 10.5 Å². The molecule has 3 aromatic rings. The second-order valence-electron chi connectivity index (χ2n) is 7.92. The van der Waals surface area contributed by atoms with Crippen molar-refractivity contribution < 1.29 is 14.5 Å². The van der Waals surface area contributed by atoms with E-state index in [0.717, 1.165) is 30.4 Å². The predicted octanol–water partition coefficient (Wildman–Crippen LogP) is 4.70. The number of likely N-dealkylation sites (tertiary alicyclic amines) is 1. The number of likely N-dealkylation sites (N-methyl/N-ethyl adjacent to an activating group) is 1. The average molecular weight is 531 g/mol. The van der Waals surface area contributed by atoms with Crippen LogP contribution >= 0.6 is 22.6 Å². The molecule has 0 amide bonds. The number of carbonyl (C=O) groups excluding carboxylic acids is 2. The number of nitrogens with zero attached hydrogens (tertiary/aromatic N) is 3. The molecule has 8 heteroatoms. The number of rotatable bonds is 6. The van der Waals surface area contributed by atoms with Gasteiger partial charge in [0.2, 0.25) is 11.6 Å². The van der Waals surface area contributed by atoms with E-state index in [4.69, 9.17) is 0 Å². The Morgan fingerprint density at radius 1 is 1.13 bits per heavy atom. The van der Waals surface area contributed by atoms with E-state index in [0.29, 0.717) is 15.2 Å². The van der Waals surface area contributed by atoms with Gasteiger partial charge in [-0.25, -0.2) is 0 Å². The Kier molecular flexibility index (Phi) is 6.19. The topological polar surface area (TPSA) is 85.5 Å². The van der Waals surface area contributed by atoms with Gasteiger partial charge >= 0.3 is 0 Å². The molecule has 0 saturated carbocycles. The van der Waals surface area contributed by atoms with Crippen molar-refractivity contribution in [1.29, 1.82) is 0 Å². The number of ketones is 2. The summed E-state index contributed by atoms with van der Waals surface area (Å²) >= 11 is 1.92. The Labute approximate surface area is 193 Å². The second-order valence-corrected chi connectivity index (χ2v) is 9.08. The van der Waals surface area contributed by atoms with Crippen molar-refractivity contribution in [1.82, 2.24) is 9.47 Å². The first kappa shape index (κ1) is 21.6. The van der Waals surface area contributed by atoms with Crippen molar-refractivity contribution in [2.45, 2.75) is 31.8 Å². The van der Waals surface area contributed by atoms with E-state index in [1.807, 2.05) is 46.9 Å². The number of para-hydroxylation sites is 1. The van der Waals surface area contributed by atoms with Crippen LogP contribution in [0.25, 0.3) is 10.9 Å². The van der Waals surface area contributed by atoms with Crippen molar-refractivity contribution in [2.75, 3.05) is 13.6 Å². The lowest BCUT2D eigenvalue weighted by atomic mass is 10.0. The molecule has 0 radical (unpaired) electrons. The molecule has 0 N–H and O–H groups in total. The summed E-state index contributed by atoms with van der Waals surface area (Å²) in [7, 11) is 2.12. The van der Waals surface area contributed by atoms with Gasteiger partial charge in [0.15, 0.2) is 0 Å². The van der Waals surface area contributed by atoms with E-state index >= 15 is 0 Å². The molecule has 0 spiro atoms. The van der Waals surface area contributed by atoms with Gasteiger partial charge in [-0.15, -0.1) is 0 Å². The summed E-state index contributed by atoms with van der Waals surface area (Å²) in [6, 6.07) is 11.9. The standard InChI is InChI=1S/C23H22IN3O4/c1-25-11-5-4-6-16(25)13-26-14-19(17-7-2-3-8-21(17)26)23(29)22(28)18-12-15(27(30)31)9-10-20(18)24/h2-3,7-10,12,14,16H,4-6,11,13H2,1H3/t16-/m1/s1. The Bertz CT molecular complexity index is 1190. The zero-order chi connectivity index (χ0) is 22.1. The first-order chi connectivity index (χ1) is 14.9. The largest absolute Gasteiger partial charge is 0.345 e. The summed E-state index contributed by atoms with van der Waals surface area (Å²) < 4.78 is 2.56. The number of piperidine rings is 1. The number of Topliss-reactive ketones (excluding diaryl/α,β-unsaturated/α-hetero) is 2. The third kappa shape index (κ3) is 4.27. The Balaban J connectivity index is 1.71. The summed E-state index contributed by atoms with van der Waals surface area (Å²) in [5.74, 6) is -1.38. The fraction of sp³-hybridized carbons (Fsp3) is 0.304. The number of halogens is 1. The van der Waals surface area contributed by atoms with Gasteiger partial charge in [0, 0.05) is 51.0 Å². The van der Waals surface area contributed by atoms with Crippen LogP contribution in [0.1, 0.15) is 40.0 Å². The zero-order valence-corrected chi connectivity index (χ0v) is 19.2. The first-order valence-corrected chi connectivity index (χ1v) is 11.3. The van der Waals surface area contributed by atoms with E-state index in [1.165, 1.54) is 31.0 Å². The highest BCUT2D eigenvalue weighted by molar-refractivity contribution is 14.1. The monoisotopic (exact) mass is 531 g/mol. The lowest BCUT2D eigenvalue weighted by Crippen LogP contribution is -2.39. The van der Waals surface area contributed by atoms with Gasteiger partial charge in [-0.1, -0.05) is 24.6 Å². The molecule has 2 heterocycles. The maximum atomic E-state index is 13.2. The van der Waals surface area contributed by atoms with Crippen LogP contribution in [-0.2, 0) is 6.54 Å². The SMILES string of the molecule is CN1CCCC[C@@H]1Cn1cc(C(=O)C(=O)c2cc([N+](=O)[O-])ccc2I)c2ccccc21. The maximum absolute atomic E-state index is 13.2. The Morgan fingerprint density at radius 3 is 2.61 bits per heavy atom. The van der Waals surface area contributed by atoms with E-state index in [2.05, 4.69) is 16.5 Å². The minimum absolute atomic E-state index is 0.0589. The first-order valence-electron chi connectivity index (χ1n) is 10.2. The lowest BCUT2D eigenvalue weighted by Gasteiger charge is -2.32. The quantitative estimate of drug-likeness (QED) is 0.151. The normalized spacial score (nSPS) is 17.0. The number of hydrogen-bond acceptors (Lipinski definition) is 5. The highest BCUT2D eigenvalue weighted by Gasteiger charge is 2.27. The number of hydrogen-bond donors (Lipinski definition) is 0. The van der Waals surface area contributed by atoms with Crippen LogP contribution in [0, 0.1) is 13.7 Å². The molecule has 0 unspecified atom stereocenters. The van der Waals surface area contributed by atoms with Gasteiger partial charge < -0.3 is 9.47 Å². The molecular weight excluding hydrogens is 509 g/mol. The molecule has 0 aliphatic carbocycles. The molecule has 1 fully saturated rings. The van der Waals surface area contributed by atoms with Gasteiger partial charge in [-0.3, -0.25) is 19.7 Å². The van der Waals surface area contributed by atoms with E-state index in [1.54, 1.807) is 6.20 Å². The minimum atomic E-state index is -0.731. The fourth-order valence-electron chi connectivity index (χ4n) is 4.23. The smallest absolute Gasteiger partial charge is 0.270 e. The van der Waals surface area contributed by atoms with Gasteiger partial charge in [0.25, 0.3) is 5.69 Å². The zero-order valence-electron chi connectivity index (χ0n) is 17.1. The summed E-state index contributed by atoms with van der Waals surface area (Å²) in [4.78, 5) is 39.2. The van der Waals surface area contributed by atoms with Gasteiger partial charge in [-0.2, -0.15) is 0 Å². The minimum Gasteiger partial charge on any atom is -0.345 e. The van der Waals surface area contributed by atoms with Gasteiger partial charge in [0.1, 0.15) is 0 Å². The number of benzene rings is 2. The summed E-state index contributed by atoms with van der Waals surface area (Å²) in [5, 5.41) is 11.8. The number of nitro benzene ring substituents is 1. The van der Waals surface area contributed by atoms with Crippen LogP contribution in [0.15, 0.2) is 48.7 Å². The van der Waals surface area contributed by atoms with Crippen LogP contribution in [0.3, 0.4) is 0 Å². The molecule has 7 nitrogen and oxygen atoms in total. The molecule has 31 heavy (non-hydrogen) atoms. The number of nitro groups is 1. The maximum Gasteiger partial charge on any atom is 0.270 e. The third-order valence-electron chi connectivity index (χ3n) is 5.97. The predicted molar refractivity (Wildman–Crippen MR) is 127 cm³/mol. The summed E-state index contributed by atoms with van der Waals surface area (Å²) in [6.45, 7) is 1.80. The van der Waals surface area contributed by atoms with Crippen LogP contribution < -0.4 is 0 Å². The molecule has 4 rings (SSSR count). The summed E-state index contributed by atoms with van der Waals surface area (Å²) in [6.07, 6.45) is 5.23. The molecule has 2 aromatic carbocycles. The van der Waals surface area contributed by atoms with Crippen molar-refractivity contribution >= 4 is 50.7 Å². The molecule has 0 bridgehead atoms. The molecule has 1 aliphatic rings. The third-order valence-corrected chi connectivity index (χ3v) is 6.91. The van der Waals surface area contributed by atoms with Crippen molar-refractivity contribution in [2.24, 2.45) is 0 Å². The van der Waals surface area contributed by atoms with Gasteiger partial charge in [-0.05, 0) is 61.2 Å². The van der Waals surface area contributed by atoms with Crippen molar-refractivity contribution in [3.63, 3.8) is 0 Å².